The topological polar surface area (TPSA) is 55.9 Å². The van der Waals surface area contributed by atoms with Crippen LogP contribution in [0.25, 0.3) is 0 Å². The SMILES string of the molecule is CC1C(=O)NCC(=O)N1CC1CN(C)CCN1C. The zero-order valence-electron chi connectivity index (χ0n) is 11.3. The lowest BCUT2D eigenvalue weighted by Gasteiger charge is -2.42. The van der Waals surface area contributed by atoms with E-state index in [0.29, 0.717) is 12.6 Å². The Balaban J connectivity index is 2.02. The molecule has 2 fully saturated rings. The second-order valence-electron chi connectivity index (χ2n) is 5.34. The smallest absolute Gasteiger partial charge is 0.242 e. The Morgan fingerprint density at radius 1 is 1.28 bits per heavy atom. The van der Waals surface area contributed by atoms with E-state index in [-0.39, 0.29) is 24.4 Å². The molecule has 18 heavy (non-hydrogen) atoms. The molecule has 0 aromatic rings. The molecule has 0 saturated carbocycles. The van der Waals surface area contributed by atoms with Gasteiger partial charge in [0.2, 0.25) is 11.8 Å². The Bertz CT molecular complexity index is 347. The molecule has 2 amide bonds. The average Bonchev–Trinajstić information content (AvgIpc) is 2.34. The monoisotopic (exact) mass is 254 g/mol. The van der Waals surface area contributed by atoms with E-state index < -0.39 is 0 Å². The number of piperazine rings is 2. The first-order chi connectivity index (χ1) is 8.49. The predicted molar refractivity (Wildman–Crippen MR) is 68.1 cm³/mol. The highest BCUT2D eigenvalue weighted by molar-refractivity contribution is 5.94. The Morgan fingerprint density at radius 2 is 2.00 bits per heavy atom. The zero-order valence-corrected chi connectivity index (χ0v) is 11.3. The van der Waals surface area contributed by atoms with E-state index in [9.17, 15) is 9.59 Å². The lowest BCUT2D eigenvalue weighted by atomic mass is 10.1. The van der Waals surface area contributed by atoms with Crippen molar-refractivity contribution in [1.29, 1.82) is 0 Å². The molecule has 2 unspecified atom stereocenters. The minimum Gasteiger partial charge on any atom is -0.345 e. The molecule has 2 atom stereocenters. The number of hydrogen-bond donors (Lipinski definition) is 1. The normalized spacial score (nSPS) is 31.6. The van der Waals surface area contributed by atoms with Crippen LogP contribution >= 0.6 is 0 Å². The molecule has 0 aromatic carbocycles. The van der Waals surface area contributed by atoms with E-state index in [1.165, 1.54) is 0 Å². The van der Waals surface area contributed by atoms with Crippen molar-refractivity contribution in [3.05, 3.63) is 0 Å². The summed E-state index contributed by atoms with van der Waals surface area (Å²) >= 11 is 0. The molecule has 1 N–H and O–H groups in total. The fraction of sp³-hybridized carbons (Fsp3) is 0.833. The summed E-state index contributed by atoms with van der Waals surface area (Å²) in [5, 5.41) is 2.61. The molecular formula is C12H22N4O2. The van der Waals surface area contributed by atoms with Crippen molar-refractivity contribution in [1.82, 2.24) is 20.0 Å². The van der Waals surface area contributed by atoms with E-state index in [4.69, 9.17) is 0 Å². The van der Waals surface area contributed by atoms with Gasteiger partial charge in [-0.1, -0.05) is 0 Å². The molecule has 2 rings (SSSR count). The number of carbonyl (C=O) groups excluding carboxylic acids is 2. The molecule has 0 spiro atoms. The highest BCUT2D eigenvalue weighted by Crippen LogP contribution is 2.12. The van der Waals surface area contributed by atoms with E-state index >= 15 is 0 Å². The maximum atomic E-state index is 11.9. The quantitative estimate of drug-likeness (QED) is 0.657. The van der Waals surface area contributed by atoms with Gasteiger partial charge in [-0.2, -0.15) is 0 Å². The molecule has 0 radical (unpaired) electrons. The van der Waals surface area contributed by atoms with Gasteiger partial charge in [-0.15, -0.1) is 0 Å². The van der Waals surface area contributed by atoms with Gasteiger partial charge >= 0.3 is 0 Å². The van der Waals surface area contributed by atoms with Gasteiger partial charge in [-0.25, -0.2) is 0 Å². The van der Waals surface area contributed by atoms with Gasteiger partial charge < -0.3 is 15.1 Å². The first kappa shape index (κ1) is 13.3. The first-order valence-corrected chi connectivity index (χ1v) is 6.45. The molecule has 102 valence electrons. The highest BCUT2D eigenvalue weighted by Gasteiger charge is 2.34. The van der Waals surface area contributed by atoms with Crippen molar-refractivity contribution in [3.8, 4) is 0 Å². The molecule has 2 aliphatic rings. The molecular weight excluding hydrogens is 232 g/mol. The molecule has 0 aromatic heterocycles. The summed E-state index contributed by atoms with van der Waals surface area (Å²) < 4.78 is 0. The largest absolute Gasteiger partial charge is 0.345 e. The van der Waals surface area contributed by atoms with E-state index in [2.05, 4.69) is 29.2 Å². The zero-order chi connectivity index (χ0) is 13.3. The molecule has 6 nitrogen and oxygen atoms in total. The summed E-state index contributed by atoms with van der Waals surface area (Å²) in [6, 6.07) is -0.0482. The van der Waals surface area contributed by atoms with Crippen LogP contribution in [0.2, 0.25) is 0 Å². The minimum absolute atomic E-state index is 0.0173. The van der Waals surface area contributed by atoms with Gasteiger partial charge in [0, 0.05) is 32.2 Å². The third kappa shape index (κ3) is 2.64. The molecule has 2 saturated heterocycles. The molecule has 0 aliphatic carbocycles. The van der Waals surface area contributed by atoms with Crippen molar-refractivity contribution in [2.75, 3.05) is 46.8 Å². The van der Waals surface area contributed by atoms with Gasteiger partial charge in [0.15, 0.2) is 0 Å². The minimum atomic E-state index is -0.355. The Labute approximate surface area is 108 Å². The van der Waals surface area contributed by atoms with Crippen molar-refractivity contribution in [2.24, 2.45) is 0 Å². The van der Waals surface area contributed by atoms with Crippen LogP contribution in [-0.4, -0.2) is 85.4 Å². The second kappa shape index (κ2) is 5.24. The Hall–Kier alpha value is -1.14. The summed E-state index contributed by atoms with van der Waals surface area (Å²) in [5.41, 5.74) is 0. The van der Waals surface area contributed by atoms with Crippen LogP contribution in [0.5, 0.6) is 0 Å². The van der Waals surface area contributed by atoms with Crippen LogP contribution in [-0.2, 0) is 9.59 Å². The van der Waals surface area contributed by atoms with Gasteiger partial charge in [0.05, 0.1) is 6.54 Å². The van der Waals surface area contributed by atoms with Crippen LogP contribution in [0.1, 0.15) is 6.92 Å². The van der Waals surface area contributed by atoms with Crippen molar-refractivity contribution < 1.29 is 9.59 Å². The lowest BCUT2D eigenvalue weighted by molar-refractivity contribution is -0.146. The predicted octanol–water partition coefficient (Wildman–Crippen LogP) is -1.42. The molecule has 2 aliphatic heterocycles. The molecule has 0 bridgehead atoms. The van der Waals surface area contributed by atoms with Crippen LogP contribution in [0, 0.1) is 0 Å². The summed E-state index contributed by atoms with van der Waals surface area (Å²) in [6.07, 6.45) is 0. The van der Waals surface area contributed by atoms with Crippen molar-refractivity contribution >= 4 is 11.8 Å². The maximum absolute atomic E-state index is 11.9. The van der Waals surface area contributed by atoms with Gasteiger partial charge in [0.25, 0.3) is 0 Å². The Kier molecular flexibility index (Phi) is 3.87. The number of nitrogens with zero attached hydrogens (tertiary/aromatic N) is 3. The summed E-state index contributed by atoms with van der Waals surface area (Å²) in [4.78, 5) is 29.7. The highest BCUT2D eigenvalue weighted by atomic mass is 16.2. The average molecular weight is 254 g/mol. The number of rotatable bonds is 2. The lowest BCUT2D eigenvalue weighted by Crippen LogP contribution is -2.62. The third-order valence-electron chi connectivity index (χ3n) is 3.97. The molecule has 2 heterocycles. The van der Waals surface area contributed by atoms with Gasteiger partial charge in [-0.3, -0.25) is 14.5 Å². The fourth-order valence-corrected chi connectivity index (χ4v) is 2.56. The van der Waals surface area contributed by atoms with E-state index in [0.717, 1.165) is 19.6 Å². The van der Waals surface area contributed by atoms with Crippen LogP contribution in [0.3, 0.4) is 0 Å². The van der Waals surface area contributed by atoms with Crippen LogP contribution < -0.4 is 5.32 Å². The van der Waals surface area contributed by atoms with Gasteiger partial charge in [-0.05, 0) is 21.0 Å². The summed E-state index contributed by atoms with van der Waals surface area (Å²) in [6.45, 7) is 5.55. The number of likely N-dealkylation sites (N-methyl/N-ethyl adjacent to an activating group) is 2. The van der Waals surface area contributed by atoms with Crippen LogP contribution in [0.15, 0.2) is 0 Å². The number of hydrogen-bond acceptors (Lipinski definition) is 4. The number of carbonyl (C=O) groups is 2. The van der Waals surface area contributed by atoms with Crippen molar-refractivity contribution in [3.63, 3.8) is 0 Å². The van der Waals surface area contributed by atoms with Gasteiger partial charge in [0.1, 0.15) is 6.04 Å². The third-order valence-corrected chi connectivity index (χ3v) is 3.97. The number of nitrogens with one attached hydrogen (secondary N) is 1. The second-order valence-corrected chi connectivity index (χ2v) is 5.34. The maximum Gasteiger partial charge on any atom is 0.242 e. The number of amides is 2. The molecule has 6 heteroatoms. The van der Waals surface area contributed by atoms with E-state index in [1.807, 2.05) is 0 Å². The fourth-order valence-electron chi connectivity index (χ4n) is 2.56. The summed E-state index contributed by atoms with van der Waals surface area (Å²) in [7, 11) is 4.17. The van der Waals surface area contributed by atoms with E-state index in [1.54, 1.807) is 11.8 Å². The van der Waals surface area contributed by atoms with Crippen molar-refractivity contribution in [2.45, 2.75) is 19.0 Å². The summed E-state index contributed by atoms with van der Waals surface area (Å²) in [5.74, 6) is -0.0369. The Morgan fingerprint density at radius 3 is 2.72 bits per heavy atom. The first-order valence-electron chi connectivity index (χ1n) is 6.45. The standard InChI is InChI=1S/C12H22N4O2/c1-9-12(18)13-6-11(17)16(9)8-10-7-14(2)4-5-15(10)3/h9-10H,4-8H2,1-3H3,(H,13,18). The van der Waals surface area contributed by atoms with Crippen LogP contribution in [0.4, 0.5) is 0 Å².